The highest BCUT2D eigenvalue weighted by atomic mass is 32.1. The van der Waals surface area contributed by atoms with Crippen molar-refractivity contribution in [2.24, 2.45) is 0 Å². The molecule has 1 N–H and O–H groups in total. The third kappa shape index (κ3) is 3.18. The van der Waals surface area contributed by atoms with Crippen LogP contribution in [0.3, 0.4) is 0 Å². The average molecular weight is 303 g/mol. The van der Waals surface area contributed by atoms with Gasteiger partial charge < -0.3 is 10.2 Å². The molecule has 0 saturated carbocycles. The Labute approximate surface area is 127 Å². The highest BCUT2D eigenvalue weighted by molar-refractivity contribution is 7.13. The van der Waals surface area contributed by atoms with E-state index in [1.165, 1.54) is 24.7 Å². The molecule has 0 bridgehead atoms. The summed E-state index contributed by atoms with van der Waals surface area (Å²) < 4.78 is 0. The fourth-order valence-electron chi connectivity index (χ4n) is 2.57. The zero-order chi connectivity index (χ0) is 14.7. The molecule has 3 rings (SSSR count). The molecule has 1 fully saturated rings. The van der Waals surface area contributed by atoms with E-state index in [1.807, 2.05) is 11.4 Å². The molecule has 110 valence electrons. The number of carbonyl (C=O) groups excluding carboxylic acids is 1. The maximum Gasteiger partial charge on any atom is 0.225 e. The van der Waals surface area contributed by atoms with Crippen molar-refractivity contribution >= 4 is 28.3 Å². The molecular formula is C14H17N5OS. The molecule has 21 heavy (non-hydrogen) atoms. The van der Waals surface area contributed by atoms with Gasteiger partial charge in [0, 0.05) is 31.2 Å². The minimum Gasteiger partial charge on any atom is -0.332 e. The molecule has 0 spiro atoms. The zero-order valence-corrected chi connectivity index (χ0v) is 12.6. The van der Waals surface area contributed by atoms with Gasteiger partial charge in [-0.05, 0) is 25.3 Å². The van der Waals surface area contributed by atoms with Crippen molar-refractivity contribution in [3.63, 3.8) is 0 Å². The minimum atomic E-state index is -0.0946. The van der Waals surface area contributed by atoms with E-state index < -0.39 is 0 Å². The Bertz CT molecular complexity index is 615. The van der Waals surface area contributed by atoms with Gasteiger partial charge in [0.15, 0.2) is 5.13 Å². The molecular weight excluding hydrogens is 286 g/mol. The number of thiazole rings is 1. The van der Waals surface area contributed by atoms with E-state index in [0.717, 1.165) is 31.0 Å². The number of nitrogens with one attached hydrogen (secondary N) is 1. The molecule has 0 radical (unpaired) electrons. The first-order valence-corrected chi connectivity index (χ1v) is 7.88. The molecule has 2 aromatic rings. The van der Waals surface area contributed by atoms with E-state index in [2.05, 4.69) is 25.2 Å². The Morgan fingerprint density at radius 3 is 2.95 bits per heavy atom. The standard InChI is InChI=1S/C14H17N5OS/c1-10(20)17-14-18-11(9-21-14)12-5-2-3-8-19(12)13-15-6-4-7-16-13/h4,6-7,9,12H,2-3,5,8H2,1H3,(H,17,18,20). The lowest BCUT2D eigenvalue weighted by atomic mass is 10.0. The van der Waals surface area contributed by atoms with Crippen molar-refractivity contribution in [2.75, 3.05) is 16.8 Å². The van der Waals surface area contributed by atoms with Crippen LogP contribution < -0.4 is 10.2 Å². The lowest BCUT2D eigenvalue weighted by Crippen LogP contribution is -2.34. The quantitative estimate of drug-likeness (QED) is 0.943. The maximum atomic E-state index is 11.1. The van der Waals surface area contributed by atoms with Gasteiger partial charge >= 0.3 is 0 Å². The zero-order valence-electron chi connectivity index (χ0n) is 11.8. The fraction of sp³-hybridized carbons (Fsp3) is 0.429. The molecule has 6 nitrogen and oxygen atoms in total. The second-order valence-electron chi connectivity index (χ2n) is 5.01. The predicted octanol–water partition coefficient (Wildman–Crippen LogP) is 2.62. The summed E-state index contributed by atoms with van der Waals surface area (Å²) in [5, 5.41) is 5.40. The maximum absolute atomic E-state index is 11.1. The van der Waals surface area contributed by atoms with Gasteiger partial charge in [0.1, 0.15) is 0 Å². The second-order valence-corrected chi connectivity index (χ2v) is 5.87. The van der Waals surface area contributed by atoms with Crippen molar-refractivity contribution in [3.05, 3.63) is 29.5 Å². The molecule has 7 heteroatoms. The van der Waals surface area contributed by atoms with Gasteiger partial charge in [-0.15, -0.1) is 11.3 Å². The molecule has 1 saturated heterocycles. The van der Waals surface area contributed by atoms with Crippen LogP contribution in [-0.2, 0) is 4.79 Å². The summed E-state index contributed by atoms with van der Waals surface area (Å²) in [6.45, 7) is 2.42. The highest BCUT2D eigenvalue weighted by Gasteiger charge is 2.27. The van der Waals surface area contributed by atoms with Crippen LogP contribution in [0.2, 0.25) is 0 Å². The second kappa shape index (κ2) is 6.17. The van der Waals surface area contributed by atoms with E-state index in [1.54, 1.807) is 12.4 Å². The van der Waals surface area contributed by atoms with E-state index in [-0.39, 0.29) is 11.9 Å². The Morgan fingerprint density at radius 1 is 1.38 bits per heavy atom. The lowest BCUT2D eigenvalue weighted by molar-refractivity contribution is -0.114. The Kier molecular flexibility index (Phi) is 4.10. The number of amides is 1. The van der Waals surface area contributed by atoms with Crippen molar-refractivity contribution in [1.29, 1.82) is 0 Å². The van der Waals surface area contributed by atoms with Crippen LogP contribution in [0, 0.1) is 0 Å². The summed E-state index contributed by atoms with van der Waals surface area (Å²) in [6, 6.07) is 2.00. The number of aromatic nitrogens is 3. The third-order valence-corrected chi connectivity index (χ3v) is 4.23. The van der Waals surface area contributed by atoms with Crippen molar-refractivity contribution in [2.45, 2.75) is 32.2 Å². The molecule has 3 heterocycles. The number of hydrogen-bond donors (Lipinski definition) is 1. The monoisotopic (exact) mass is 303 g/mol. The average Bonchev–Trinajstić information content (AvgIpc) is 2.96. The van der Waals surface area contributed by atoms with Crippen molar-refractivity contribution < 1.29 is 4.79 Å². The number of nitrogens with zero attached hydrogens (tertiary/aromatic N) is 4. The summed E-state index contributed by atoms with van der Waals surface area (Å²) in [4.78, 5) is 26.6. The van der Waals surface area contributed by atoms with Gasteiger partial charge in [0.05, 0.1) is 11.7 Å². The summed E-state index contributed by atoms with van der Waals surface area (Å²) in [6.07, 6.45) is 6.86. The predicted molar refractivity (Wildman–Crippen MR) is 82.4 cm³/mol. The van der Waals surface area contributed by atoms with E-state index in [0.29, 0.717) is 5.13 Å². The lowest BCUT2D eigenvalue weighted by Gasteiger charge is -2.34. The first kappa shape index (κ1) is 13.9. The van der Waals surface area contributed by atoms with Crippen molar-refractivity contribution in [1.82, 2.24) is 15.0 Å². The smallest absolute Gasteiger partial charge is 0.225 e. The Morgan fingerprint density at radius 2 is 2.19 bits per heavy atom. The van der Waals surface area contributed by atoms with Gasteiger partial charge in [0.2, 0.25) is 11.9 Å². The first-order valence-electron chi connectivity index (χ1n) is 7.01. The van der Waals surface area contributed by atoms with Crippen LogP contribution in [0.5, 0.6) is 0 Å². The summed E-state index contributed by atoms with van der Waals surface area (Å²) in [5.41, 5.74) is 0.982. The minimum absolute atomic E-state index is 0.0946. The van der Waals surface area contributed by atoms with Crippen LogP contribution in [0.4, 0.5) is 11.1 Å². The molecule has 1 amide bonds. The highest BCUT2D eigenvalue weighted by Crippen LogP contribution is 2.34. The van der Waals surface area contributed by atoms with Gasteiger partial charge in [-0.1, -0.05) is 0 Å². The largest absolute Gasteiger partial charge is 0.332 e. The normalized spacial score (nSPS) is 18.5. The number of piperidine rings is 1. The SMILES string of the molecule is CC(=O)Nc1nc(C2CCCCN2c2ncccn2)cs1. The van der Waals surface area contributed by atoms with Gasteiger partial charge in [-0.3, -0.25) is 4.79 Å². The summed E-state index contributed by atoms with van der Waals surface area (Å²) in [5.74, 6) is 0.652. The van der Waals surface area contributed by atoms with E-state index in [4.69, 9.17) is 0 Å². The number of carbonyl (C=O) groups is 1. The van der Waals surface area contributed by atoms with E-state index >= 15 is 0 Å². The first-order chi connectivity index (χ1) is 10.2. The van der Waals surface area contributed by atoms with Crippen molar-refractivity contribution in [3.8, 4) is 0 Å². The van der Waals surface area contributed by atoms with E-state index in [9.17, 15) is 4.79 Å². The van der Waals surface area contributed by atoms with Gasteiger partial charge in [-0.2, -0.15) is 0 Å². The molecule has 2 aromatic heterocycles. The molecule has 1 aliphatic heterocycles. The molecule has 0 aliphatic carbocycles. The topological polar surface area (TPSA) is 71.0 Å². The van der Waals surface area contributed by atoms with Gasteiger partial charge in [0.25, 0.3) is 0 Å². The molecule has 1 aliphatic rings. The Balaban J connectivity index is 1.84. The van der Waals surface area contributed by atoms with Crippen LogP contribution in [-0.4, -0.2) is 27.4 Å². The van der Waals surface area contributed by atoms with Crippen LogP contribution in [0.1, 0.15) is 37.9 Å². The third-order valence-electron chi connectivity index (χ3n) is 3.46. The fourth-order valence-corrected chi connectivity index (χ4v) is 3.37. The van der Waals surface area contributed by atoms with Gasteiger partial charge in [-0.25, -0.2) is 15.0 Å². The summed E-state index contributed by atoms with van der Waals surface area (Å²) in [7, 11) is 0. The van der Waals surface area contributed by atoms with Crippen LogP contribution >= 0.6 is 11.3 Å². The van der Waals surface area contributed by atoms with Crippen LogP contribution in [0.15, 0.2) is 23.8 Å². The molecule has 1 unspecified atom stereocenters. The number of anilines is 2. The number of rotatable bonds is 3. The molecule has 1 atom stereocenters. The van der Waals surface area contributed by atoms with Crippen LogP contribution in [0.25, 0.3) is 0 Å². The molecule has 0 aromatic carbocycles. The Hall–Kier alpha value is -2.02. The number of hydrogen-bond acceptors (Lipinski definition) is 6. The summed E-state index contributed by atoms with van der Waals surface area (Å²) >= 11 is 1.46.